The summed E-state index contributed by atoms with van der Waals surface area (Å²) in [5.74, 6) is -3.97. The summed E-state index contributed by atoms with van der Waals surface area (Å²) in [4.78, 5) is 103. The van der Waals surface area contributed by atoms with Crippen LogP contribution >= 0.6 is 0 Å². The predicted octanol–water partition coefficient (Wildman–Crippen LogP) is 7.51. The van der Waals surface area contributed by atoms with Gasteiger partial charge in [0.25, 0.3) is 0 Å². The minimum Gasteiger partial charge on any atom is -0.481 e. The highest BCUT2D eigenvalue weighted by Crippen LogP contribution is 2.34. The maximum atomic E-state index is 14.7. The largest absolute Gasteiger partial charge is 0.481 e. The van der Waals surface area contributed by atoms with Crippen molar-refractivity contribution < 1.29 is 48.1 Å². The van der Waals surface area contributed by atoms with Gasteiger partial charge in [0.2, 0.25) is 17.7 Å². The molecule has 15 heteroatoms. The van der Waals surface area contributed by atoms with Gasteiger partial charge in [-0.15, -0.1) is 0 Å². The smallest absolute Gasteiger partial charge is 0.306 e. The van der Waals surface area contributed by atoms with Gasteiger partial charge in [-0.25, -0.2) is 0 Å². The van der Waals surface area contributed by atoms with E-state index in [1.165, 1.54) is 0 Å². The van der Waals surface area contributed by atoms with Crippen LogP contribution in [0.3, 0.4) is 0 Å². The Hall–Kier alpha value is -4.47. The number of H-pyrrole nitrogens is 1. The summed E-state index contributed by atoms with van der Waals surface area (Å²) < 4.78 is 12.1. The van der Waals surface area contributed by atoms with Crippen molar-refractivity contribution in [2.24, 2.45) is 53.1 Å². The average molecular weight is 978 g/mol. The first-order valence-corrected chi connectivity index (χ1v) is 26.1. The number of rotatable bonds is 30. The fourth-order valence-electron chi connectivity index (χ4n) is 11.6. The van der Waals surface area contributed by atoms with Crippen LogP contribution in [-0.2, 0) is 49.5 Å². The van der Waals surface area contributed by atoms with Gasteiger partial charge in [0.1, 0.15) is 11.6 Å². The molecule has 1 saturated carbocycles. The van der Waals surface area contributed by atoms with Crippen LogP contribution in [-0.4, -0.2) is 138 Å². The highest BCUT2D eigenvalue weighted by Gasteiger charge is 2.44. The van der Waals surface area contributed by atoms with E-state index in [0.29, 0.717) is 64.5 Å². The predicted molar refractivity (Wildman–Crippen MR) is 272 cm³/mol. The first kappa shape index (κ1) is 58.1. The fraction of sp³-hybridized carbons (Fsp3) is 0.727. The van der Waals surface area contributed by atoms with Crippen LogP contribution in [0.2, 0.25) is 0 Å². The normalized spacial score (nSPS) is 21.0. The van der Waals surface area contributed by atoms with Gasteiger partial charge in [-0.05, 0) is 100 Å². The highest BCUT2D eigenvalue weighted by atomic mass is 16.5. The van der Waals surface area contributed by atoms with Crippen molar-refractivity contribution in [1.29, 1.82) is 0 Å². The van der Waals surface area contributed by atoms with Crippen molar-refractivity contribution >= 4 is 51.9 Å². The minimum atomic E-state index is -0.752. The molecule has 0 spiro atoms. The summed E-state index contributed by atoms with van der Waals surface area (Å²) in [6.45, 7) is 14.8. The SMILES string of the molecule is CC[C@H](C)[C@@H]([C@@H](CC(=O)N1CCC[C@H]1[C@H](OC)[C@@H](C)C(=O)C[C@@H](Cc1c[nH]c2ccccc12)C(N)=O)OC)N(C)C(=O)[C@@H](CC(=O)[C@H](C(C)C)N(C)CCCC(=O)CC1CCC(C(=O)O)CC1)C(C)C. The van der Waals surface area contributed by atoms with Gasteiger partial charge in [-0.3, -0.25) is 38.5 Å². The Bertz CT molecular complexity index is 2060. The Kier molecular flexibility index (Phi) is 22.7. The van der Waals surface area contributed by atoms with Gasteiger partial charge >= 0.3 is 5.97 Å². The molecule has 9 atom stereocenters. The molecule has 1 aromatic heterocycles. The minimum absolute atomic E-state index is 0.00734. The quantitative estimate of drug-likeness (QED) is 0.0698. The van der Waals surface area contributed by atoms with Crippen LogP contribution in [0.5, 0.6) is 0 Å². The van der Waals surface area contributed by atoms with Crippen LogP contribution in [0.4, 0.5) is 0 Å². The van der Waals surface area contributed by atoms with Gasteiger partial charge in [0.15, 0.2) is 5.78 Å². The zero-order valence-corrected chi connectivity index (χ0v) is 44.2. The lowest BCUT2D eigenvalue weighted by Gasteiger charge is -2.41. The van der Waals surface area contributed by atoms with Crippen molar-refractivity contribution in [3.8, 4) is 0 Å². The first-order valence-electron chi connectivity index (χ1n) is 26.1. The van der Waals surface area contributed by atoms with Crippen molar-refractivity contribution in [2.45, 2.75) is 169 Å². The Morgan fingerprint density at radius 2 is 1.54 bits per heavy atom. The molecule has 0 bridgehead atoms. The number of hydrogen-bond donors (Lipinski definition) is 3. The molecule has 1 aliphatic heterocycles. The van der Waals surface area contributed by atoms with Crippen molar-refractivity contribution in [3.63, 3.8) is 0 Å². The number of nitrogens with two attached hydrogens (primary N) is 1. The summed E-state index contributed by atoms with van der Waals surface area (Å²) in [6, 6.07) is 6.45. The number of carboxylic acids is 1. The molecule has 2 fully saturated rings. The molecule has 1 aliphatic carbocycles. The van der Waals surface area contributed by atoms with E-state index in [2.05, 4.69) is 4.98 Å². The number of aromatic amines is 1. The zero-order valence-electron chi connectivity index (χ0n) is 44.2. The number of benzene rings is 1. The second-order valence-corrected chi connectivity index (χ2v) is 21.5. The van der Waals surface area contributed by atoms with Crippen LogP contribution in [0.1, 0.15) is 138 Å². The average Bonchev–Trinajstić information content (AvgIpc) is 3.97. The molecule has 0 unspecified atom stereocenters. The van der Waals surface area contributed by atoms with E-state index < -0.39 is 60.0 Å². The third-order valence-corrected chi connectivity index (χ3v) is 16.0. The molecule has 4 rings (SSSR count). The topological polar surface area (TPSA) is 210 Å². The molecule has 4 N–H and O–H groups in total. The Morgan fingerprint density at radius 1 is 0.871 bits per heavy atom. The summed E-state index contributed by atoms with van der Waals surface area (Å²) in [5, 5.41) is 10.3. The van der Waals surface area contributed by atoms with E-state index in [-0.39, 0.29) is 78.0 Å². The number of methoxy groups -OCH3 is 2. The van der Waals surface area contributed by atoms with Crippen molar-refractivity contribution in [3.05, 3.63) is 36.0 Å². The van der Waals surface area contributed by atoms with E-state index in [1.807, 2.05) is 84.0 Å². The lowest BCUT2D eigenvalue weighted by Crippen LogP contribution is -2.54. The van der Waals surface area contributed by atoms with Gasteiger partial charge in [0, 0.05) is 88.3 Å². The summed E-state index contributed by atoms with van der Waals surface area (Å²) >= 11 is 0. The van der Waals surface area contributed by atoms with Crippen molar-refractivity contribution in [1.82, 2.24) is 19.7 Å². The van der Waals surface area contributed by atoms with Gasteiger partial charge in [0.05, 0.1) is 42.7 Å². The number of nitrogens with one attached hydrogen (secondary N) is 1. The number of primary amides is 1. The molecule has 0 radical (unpaired) electrons. The molecule has 2 heterocycles. The standard InChI is InChI=1S/C55H87N5O10/c1-12-35(6)51(59(9)54(66)43(33(2)3)30-47(63)50(34(4)5)58(8)25-15-17-41(61)27-37-21-23-38(24-22-37)55(67)68)48(69-10)31-49(64)60-26-16-20-45(60)52(70-11)36(7)46(62)29-39(53(56)65)28-40-32-57-44-19-14-13-18-42(40)44/h13-14,18-19,32-39,43,45,48,50-52,57H,12,15-17,20-31H2,1-11H3,(H2,56,65)(H,67,68)/t35-,36-,37?,38?,39+,43-,45-,48+,50-,51-,52+/m0/s1. The van der Waals surface area contributed by atoms with Gasteiger partial charge in [-0.1, -0.05) is 73.1 Å². The number of hydrogen-bond acceptors (Lipinski definition) is 10. The fourth-order valence-corrected chi connectivity index (χ4v) is 11.6. The van der Waals surface area contributed by atoms with Gasteiger partial charge in [-0.2, -0.15) is 0 Å². The van der Waals surface area contributed by atoms with Crippen LogP contribution in [0.25, 0.3) is 10.9 Å². The lowest BCUT2D eigenvalue weighted by molar-refractivity contribution is -0.149. The molecule has 1 aromatic carbocycles. The zero-order chi connectivity index (χ0) is 52.0. The number of fused-ring (bicyclic) bond motifs is 1. The Labute approximate surface area is 417 Å². The number of ketones is 3. The third-order valence-electron chi connectivity index (χ3n) is 16.0. The molecular formula is C55H87N5O10. The number of carbonyl (C=O) groups excluding carboxylic acids is 6. The second-order valence-electron chi connectivity index (χ2n) is 21.5. The van der Waals surface area contributed by atoms with Crippen LogP contribution < -0.4 is 5.73 Å². The van der Waals surface area contributed by atoms with E-state index in [0.717, 1.165) is 35.7 Å². The maximum absolute atomic E-state index is 14.7. The summed E-state index contributed by atoms with van der Waals surface area (Å²) in [7, 11) is 6.76. The Morgan fingerprint density at radius 3 is 2.13 bits per heavy atom. The van der Waals surface area contributed by atoms with E-state index in [9.17, 15) is 38.7 Å². The van der Waals surface area contributed by atoms with Crippen LogP contribution in [0.15, 0.2) is 30.5 Å². The highest BCUT2D eigenvalue weighted by molar-refractivity contribution is 5.91. The maximum Gasteiger partial charge on any atom is 0.306 e. The monoisotopic (exact) mass is 978 g/mol. The number of aliphatic carboxylic acids is 1. The Balaban J connectivity index is 1.40. The number of nitrogens with zero attached hydrogens (tertiary/aromatic N) is 3. The number of carbonyl (C=O) groups is 7. The van der Waals surface area contributed by atoms with E-state index in [1.54, 1.807) is 38.0 Å². The molecule has 2 aliphatic rings. The van der Waals surface area contributed by atoms with Gasteiger partial charge < -0.3 is 35.1 Å². The lowest BCUT2D eigenvalue weighted by atomic mass is 9.79. The number of Topliss-reactive ketones (excluding diaryl/α,β-unsaturated/α-hetero) is 3. The number of aromatic nitrogens is 1. The van der Waals surface area contributed by atoms with Crippen molar-refractivity contribution in [2.75, 3.05) is 41.4 Å². The molecule has 1 saturated heterocycles. The molecule has 3 amide bonds. The molecule has 15 nitrogen and oxygen atoms in total. The number of ether oxygens (including phenoxy) is 2. The third kappa shape index (κ3) is 15.3. The molecule has 392 valence electrons. The first-order chi connectivity index (χ1) is 33.1. The number of likely N-dealkylation sites (N-methyl/N-ethyl adjacent to an activating group) is 2. The number of para-hydroxylation sites is 1. The summed E-state index contributed by atoms with van der Waals surface area (Å²) in [6.07, 6.45) is 7.14. The molecular weight excluding hydrogens is 891 g/mol. The molecule has 70 heavy (non-hydrogen) atoms. The number of carboxylic acid groups (broad SMARTS) is 1. The van der Waals surface area contributed by atoms with E-state index in [4.69, 9.17) is 15.2 Å². The number of amides is 3. The number of likely N-dealkylation sites (tertiary alicyclic amines) is 1. The van der Waals surface area contributed by atoms with Crippen LogP contribution in [0, 0.1) is 47.3 Å². The van der Waals surface area contributed by atoms with E-state index >= 15 is 0 Å². The molecule has 2 aromatic rings. The summed E-state index contributed by atoms with van der Waals surface area (Å²) in [5.41, 5.74) is 7.72. The second kappa shape index (κ2) is 27.4.